The Morgan fingerprint density at radius 3 is 2.34 bits per heavy atom. The number of likely N-dealkylation sites (N-methyl/N-ethyl adjacent to an activating group) is 1. The first kappa shape index (κ1) is 22.2. The van der Waals surface area contributed by atoms with Gasteiger partial charge in [-0.2, -0.15) is 0 Å². The molecule has 7 nitrogen and oxygen atoms in total. The molecule has 0 saturated carbocycles. The molecule has 0 spiro atoms. The summed E-state index contributed by atoms with van der Waals surface area (Å²) in [7, 11) is 5.56. The van der Waals surface area contributed by atoms with E-state index < -0.39 is 0 Å². The van der Waals surface area contributed by atoms with Crippen molar-refractivity contribution in [2.24, 2.45) is 0 Å². The largest absolute Gasteiger partial charge is 0.497 e. The van der Waals surface area contributed by atoms with E-state index in [-0.39, 0.29) is 24.0 Å². The zero-order valence-corrected chi connectivity index (χ0v) is 17.7. The third kappa shape index (κ3) is 6.80. The number of urea groups is 1. The van der Waals surface area contributed by atoms with E-state index in [1.165, 1.54) is 0 Å². The Morgan fingerprint density at radius 1 is 1.07 bits per heavy atom. The lowest BCUT2D eigenvalue weighted by molar-refractivity contribution is 0.0943. The molecule has 0 bridgehead atoms. The zero-order valence-electron chi connectivity index (χ0n) is 17.7. The molecule has 0 fully saturated rings. The number of ether oxygens (including phenoxy) is 1. The van der Waals surface area contributed by atoms with Crippen molar-refractivity contribution in [2.75, 3.05) is 33.1 Å². The number of carbonyl (C=O) groups is 2. The maximum Gasteiger partial charge on any atom is 0.319 e. The number of nitrogens with zero attached hydrogens (tertiary/aromatic N) is 1. The number of hydrogen-bond acceptors (Lipinski definition) is 4. The van der Waals surface area contributed by atoms with Gasteiger partial charge >= 0.3 is 6.03 Å². The first-order valence-corrected chi connectivity index (χ1v) is 9.56. The molecule has 2 rings (SSSR count). The molecule has 0 aliphatic carbocycles. The van der Waals surface area contributed by atoms with Crippen LogP contribution >= 0.6 is 0 Å². The molecule has 1 atom stereocenters. The minimum Gasteiger partial charge on any atom is -0.497 e. The fourth-order valence-electron chi connectivity index (χ4n) is 2.86. The molecule has 3 N–H and O–H groups in total. The molecule has 156 valence electrons. The van der Waals surface area contributed by atoms with Gasteiger partial charge in [-0.15, -0.1) is 0 Å². The van der Waals surface area contributed by atoms with Gasteiger partial charge in [-0.1, -0.05) is 12.1 Å². The van der Waals surface area contributed by atoms with Gasteiger partial charge in [-0.05, 0) is 69.9 Å². The average molecular weight is 399 g/mol. The summed E-state index contributed by atoms with van der Waals surface area (Å²) in [6.45, 7) is 4.25. The lowest BCUT2D eigenvalue weighted by Crippen LogP contribution is -2.36. The zero-order chi connectivity index (χ0) is 21.4. The Balaban J connectivity index is 1.94. The van der Waals surface area contributed by atoms with E-state index in [0.717, 1.165) is 11.3 Å². The van der Waals surface area contributed by atoms with Gasteiger partial charge in [0.2, 0.25) is 0 Å². The van der Waals surface area contributed by atoms with Gasteiger partial charge in [-0.3, -0.25) is 4.79 Å². The van der Waals surface area contributed by atoms with Crippen molar-refractivity contribution < 1.29 is 14.3 Å². The third-order valence-electron chi connectivity index (χ3n) is 4.38. The molecule has 1 unspecified atom stereocenters. The van der Waals surface area contributed by atoms with Gasteiger partial charge in [0.25, 0.3) is 5.91 Å². The normalized spacial score (nSPS) is 11.8. The van der Waals surface area contributed by atoms with Gasteiger partial charge in [0.05, 0.1) is 13.2 Å². The molecule has 2 aromatic rings. The maximum absolute atomic E-state index is 12.3. The number of benzene rings is 2. The van der Waals surface area contributed by atoms with Gasteiger partial charge in [0.15, 0.2) is 0 Å². The summed E-state index contributed by atoms with van der Waals surface area (Å²) in [6, 6.07) is 14.3. The highest BCUT2D eigenvalue weighted by atomic mass is 16.5. The quantitative estimate of drug-likeness (QED) is 0.637. The minimum absolute atomic E-state index is 0.00189. The molecule has 7 heteroatoms. The second-order valence-corrected chi connectivity index (χ2v) is 7.30. The van der Waals surface area contributed by atoms with Crippen LogP contribution in [0.4, 0.5) is 10.5 Å². The lowest BCUT2D eigenvalue weighted by Gasteiger charge is -2.25. The molecule has 0 aliphatic rings. The van der Waals surface area contributed by atoms with Crippen molar-refractivity contribution in [1.82, 2.24) is 15.5 Å². The molecule has 2 aromatic carbocycles. The van der Waals surface area contributed by atoms with E-state index in [4.69, 9.17) is 4.74 Å². The fourth-order valence-corrected chi connectivity index (χ4v) is 2.86. The average Bonchev–Trinajstić information content (AvgIpc) is 2.68. The van der Waals surface area contributed by atoms with Crippen molar-refractivity contribution in [3.8, 4) is 5.75 Å². The van der Waals surface area contributed by atoms with Crippen LogP contribution in [0, 0.1) is 0 Å². The number of rotatable bonds is 8. The maximum atomic E-state index is 12.3. The summed E-state index contributed by atoms with van der Waals surface area (Å²) in [4.78, 5) is 26.3. The number of methoxy groups -OCH3 is 1. The van der Waals surface area contributed by atoms with Crippen molar-refractivity contribution in [3.63, 3.8) is 0 Å². The lowest BCUT2D eigenvalue weighted by atomic mass is 10.1. The van der Waals surface area contributed by atoms with Gasteiger partial charge in [0.1, 0.15) is 5.75 Å². The molecular weight excluding hydrogens is 368 g/mol. The summed E-state index contributed by atoms with van der Waals surface area (Å²) in [5.41, 5.74) is 2.22. The van der Waals surface area contributed by atoms with Gasteiger partial charge < -0.3 is 25.6 Å². The van der Waals surface area contributed by atoms with Crippen LogP contribution in [-0.4, -0.2) is 50.6 Å². The number of amides is 3. The standard InChI is InChI=1S/C22H30N4O3/c1-15(2)24-21(27)16-9-11-18(12-10-16)25-22(28)23-14-20(26(3)4)17-7-6-8-19(13-17)29-5/h6-13,15,20H,14H2,1-5H3,(H,24,27)(H2,23,25,28). The molecule has 0 radical (unpaired) electrons. The van der Waals surface area contributed by atoms with Crippen molar-refractivity contribution in [3.05, 3.63) is 59.7 Å². The summed E-state index contributed by atoms with van der Waals surface area (Å²) >= 11 is 0. The molecule has 0 saturated heterocycles. The molecular formula is C22H30N4O3. The minimum atomic E-state index is -0.306. The van der Waals surface area contributed by atoms with Crippen LogP contribution in [0.5, 0.6) is 5.75 Å². The van der Waals surface area contributed by atoms with E-state index >= 15 is 0 Å². The Bertz CT molecular complexity index is 819. The monoisotopic (exact) mass is 398 g/mol. The first-order chi connectivity index (χ1) is 13.8. The Hall–Kier alpha value is -3.06. The first-order valence-electron chi connectivity index (χ1n) is 9.56. The van der Waals surface area contributed by atoms with Gasteiger partial charge in [-0.25, -0.2) is 4.79 Å². The predicted molar refractivity (Wildman–Crippen MR) is 115 cm³/mol. The van der Waals surface area contributed by atoms with Crippen LogP contribution in [0.15, 0.2) is 48.5 Å². The predicted octanol–water partition coefficient (Wildman–Crippen LogP) is 3.26. The molecule has 29 heavy (non-hydrogen) atoms. The summed E-state index contributed by atoms with van der Waals surface area (Å²) in [6.07, 6.45) is 0. The highest BCUT2D eigenvalue weighted by Crippen LogP contribution is 2.22. The second-order valence-electron chi connectivity index (χ2n) is 7.30. The Labute approximate surface area is 172 Å². The summed E-state index contributed by atoms with van der Waals surface area (Å²) in [5.74, 6) is 0.642. The van der Waals surface area contributed by atoms with E-state index in [0.29, 0.717) is 17.8 Å². The van der Waals surface area contributed by atoms with E-state index in [9.17, 15) is 9.59 Å². The van der Waals surface area contributed by atoms with Crippen LogP contribution in [0.2, 0.25) is 0 Å². The van der Waals surface area contributed by atoms with Crippen LogP contribution in [-0.2, 0) is 0 Å². The summed E-state index contributed by atoms with van der Waals surface area (Å²) < 4.78 is 5.29. The van der Waals surface area contributed by atoms with Crippen molar-refractivity contribution in [1.29, 1.82) is 0 Å². The molecule has 0 aromatic heterocycles. The Morgan fingerprint density at radius 2 is 1.76 bits per heavy atom. The molecule has 0 aliphatic heterocycles. The topological polar surface area (TPSA) is 82.7 Å². The van der Waals surface area contributed by atoms with Crippen molar-refractivity contribution >= 4 is 17.6 Å². The van der Waals surface area contributed by atoms with E-state index in [2.05, 4.69) is 16.0 Å². The van der Waals surface area contributed by atoms with Crippen LogP contribution in [0.25, 0.3) is 0 Å². The SMILES string of the molecule is COc1cccc(C(CNC(=O)Nc2ccc(C(=O)NC(C)C)cc2)N(C)C)c1. The van der Waals surface area contributed by atoms with Crippen LogP contribution < -0.4 is 20.7 Å². The van der Waals surface area contributed by atoms with Gasteiger partial charge in [0, 0.05) is 23.8 Å². The molecule has 3 amide bonds. The summed E-state index contributed by atoms with van der Waals surface area (Å²) in [5, 5.41) is 8.53. The number of hydrogen-bond donors (Lipinski definition) is 3. The molecule has 0 heterocycles. The number of anilines is 1. The highest BCUT2D eigenvalue weighted by molar-refractivity contribution is 5.95. The second kappa shape index (κ2) is 10.5. The van der Waals surface area contributed by atoms with Crippen molar-refractivity contribution in [2.45, 2.75) is 25.9 Å². The van der Waals surface area contributed by atoms with Crippen LogP contribution in [0.1, 0.15) is 35.8 Å². The highest BCUT2D eigenvalue weighted by Gasteiger charge is 2.16. The number of nitrogens with one attached hydrogen (secondary N) is 3. The van der Waals surface area contributed by atoms with E-state index in [1.807, 2.05) is 57.1 Å². The Kier molecular flexibility index (Phi) is 8.03. The number of carbonyl (C=O) groups excluding carboxylic acids is 2. The van der Waals surface area contributed by atoms with Crippen LogP contribution in [0.3, 0.4) is 0 Å². The third-order valence-corrected chi connectivity index (χ3v) is 4.38. The van der Waals surface area contributed by atoms with E-state index in [1.54, 1.807) is 31.4 Å². The fraction of sp³-hybridized carbons (Fsp3) is 0.364. The smallest absolute Gasteiger partial charge is 0.319 e.